The third-order valence-corrected chi connectivity index (χ3v) is 2.43. The topological polar surface area (TPSA) is 87.3 Å². The first-order chi connectivity index (χ1) is 9.13. The van der Waals surface area contributed by atoms with E-state index in [1.54, 1.807) is 19.2 Å². The maximum absolute atomic E-state index is 11.6. The summed E-state index contributed by atoms with van der Waals surface area (Å²) < 4.78 is 6.18. The Labute approximate surface area is 108 Å². The summed E-state index contributed by atoms with van der Waals surface area (Å²) in [4.78, 5) is 22.1. The standard InChI is InChI=1S/C12H11N3O4/c1-2-19-12(16)9-4-5-10(11(8-9)15(17)18)14-7-3-6-13-14/h3-8H,2H2,1H3. The highest BCUT2D eigenvalue weighted by molar-refractivity contribution is 5.90. The van der Waals surface area contributed by atoms with Crippen molar-refractivity contribution in [1.29, 1.82) is 0 Å². The van der Waals surface area contributed by atoms with Gasteiger partial charge in [0.2, 0.25) is 0 Å². The van der Waals surface area contributed by atoms with Gasteiger partial charge in [0, 0.05) is 18.5 Å². The number of hydrogen-bond acceptors (Lipinski definition) is 5. The van der Waals surface area contributed by atoms with Gasteiger partial charge in [-0.3, -0.25) is 10.1 Å². The highest BCUT2D eigenvalue weighted by Crippen LogP contribution is 2.24. The van der Waals surface area contributed by atoms with E-state index in [4.69, 9.17) is 4.74 Å². The van der Waals surface area contributed by atoms with Crippen LogP contribution in [0.5, 0.6) is 0 Å². The summed E-state index contributed by atoms with van der Waals surface area (Å²) in [6.45, 7) is 1.89. The lowest BCUT2D eigenvalue weighted by Crippen LogP contribution is -2.07. The second-order valence-electron chi connectivity index (χ2n) is 3.63. The van der Waals surface area contributed by atoms with Gasteiger partial charge in [-0.2, -0.15) is 5.10 Å². The third kappa shape index (κ3) is 2.59. The summed E-state index contributed by atoms with van der Waals surface area (Å²) in [7, 11) is 0. The van der Waals surface area contributed by atoms with E-state index >= 15 is 0 Å². The smallest absolute Gasteiger partial charge is 0.338 e. The number of nitro groups is 1. The van der Waals surface area contributed by atoms with E-state index < -0.39 is 10.9 Å². The highest BCUT2D eigenvalue weighted by atomic mass is 16.6. The zero-order valence-electron chi connectivity index (χ0n) is 10.1. The van der Waals surface area contributed by atoms with Crippen molar-refractivity contribution in [3.63, 3.8) is 0 Å². The van der Waals surface area contributed by atoms with Crippen molar-refractivity contribution in [2.45, 2.75) is 6.92 Å². The van der Waals surface area contributed by atoms with Gasteiger partial charge in [-0.25, -0.2) is 9.48 Å². The Balaban J connectivity index is 2.47. The maximum atomic E-state index is 11.6. The highest BCUT2D eigenvalue weighted by Gasteiger charge is 2.19. The Bertz CT molecular complexity index is 607. The molecule has 0 radical (unpaired) electrons. The maximum Gasteiger partial charge on any atom is 0.338 e. The number of carbonyl (C=O) groups excluding carboxylic acids is 1. The van der Waals surface area contributed by atoms with Crippen LogP contribution in [0.4, 0.5) is 5.69 Å². The molecule has 98 valence electrons. The molecular formula is C12H11N3O4. The van der Waals surface area contributed by atoms with Crippen LogP contribution in [0.1, 0.15) is 17.3 Å². The molecule has 0 atom stereocenters. The molecule has 2 rings (SSSR count). The molecule has 0 aliphatic rings. The first kappa shape index (κ1) is 12.7. The molecule has 1 aromatic heterocycles. The Morgan fingerprint density at radius 1 is 1.53 bits per heavy atom. The number of carbonyl (C=O) groups is 1. The minimum Gasteiger partial charge on any atom is -0.462 e. The lowest BCUT2D eigenvalue weighted by atomic mass is 10.1. The number of nitro benzene ring substituents is 1. The van der Waals surface area contributed by atoms with Gasteiger partial charge in [-0.1, -0.05) is 0 Å². The molecule has 0 unspecified atom stereocenters. The second kappa shape index (κ2) is 5.30. The summed E-state index contributed by atoms with van der Waals surface area (Å²) in [5.41, 5.74) is 0.238. The average molecular weight is 261 g/mol. The van der Waals surface area contributed by atoms with Crippen molar-refractivity contribution in [2.24, 2.45) is 0 Å². The number of rotatable bonds is 4. The fraction of sp³-hybridized carbons (Fsp3) is 0.167. The Morgan fingerprint density at radius 2 is 2.32 bits per heavy atom. The van der Waals surface area contributed by atoms with Crippen LogP contribution < -0.4 is 0 Å². The van der Waals surface area contributed by atoms with Crippen molar-refractivity contribution in [1.82, 2.24) is 9.78 Å². The van der Waals surface area contributed by atoms with Crippen LogP contribution >= 0.6 is 0 Å². The van der Waals surface area contributed by atoms with Crippen LogP contribution in [-0.2, 0) is 4.74 Å². The monoisotopic (exact) mass is 261 g/mol. The van der Waals surface area contributed by atoms with Gasteiger partial charge >= 0.3 is 5.97 Å². The van der Waals surface area contributed by atoms with Gasteiger partial charge < -0.3 is 4.74 Å². The van der Waals surface area contributed by atoms with Crippen LogP contribution in [0.15, 0.2) is 36.7 Å². The molecule has 0 saturated carbocycles. The summed E-state index contributed by atoms with van der Waals surface area (Å²) in [6.07, 6.45) is 3.11. The number of hydrogen-bond donors (Lipinski definition) is 0. The molecular weight excluding hydrogens is 250 g/mol. The Morgan fingerprint density at radius 3 is 2.89 bits per heavy atom. The molecule has 0 aliphatic heterocycles. The predicted molar refractivity (Wildman–Crippen MR) is 66.2 cm³/mol. The third-order valence-electron chi connectivity index (χ3n) is 2.43. The zero-order chi connectivity index (χ0) is 13.8. The first-order valence-electron chi connectivity index (χ1n) is 5.59. The molecule has 0 amide bonds. The van der Waals surface area contributed by atoms with E-state index in [1.807, 2.05) is 0 Å². The van der Waals surface area contributed by atoms with Crippen LogP contribution in [0.2, 0.25) is 0 Å². The van der Waals surface area contributed by atoms with Crippen LogP contribution in [-0.4, -0.2) is 27.3 Å². The largest absolute Gasteiger partial charge is 0.462 e. The molecule has 19 heavy (non-hydrogen) atoms. The van der Waals surface area contributed by atoms with E-state index in [-0.39, 0.29) is 17.9 Å². The van der Waals surface area contributed by atoms with Gasteiger partial charge in [-0.05, 0) is 25.1 Å². The van der Waals surface area contributed by atoms with Crippen molar-refractivity contribution in [3.8, 4) is 5.69 Å². The number of nitrogens with zero attached hydrogens (tertiary/aromatic N) is 3. The number of esters is 1. The van der Waals surface area contributed by atoms with Gasteiger partial charge in [0.25, 0.3) is 5.69 Å². The van der Waals surface area contributed by atoms with Crippen LogP contribution in [0.25, 0.3) is 5.69 Å². The number of benzene rings is 1. The van der Waals surface area contributed by atoms with Gasteiger partial charge in [-0.15, -0.1) is 0 Å². The molecule has 7 nitrogen and oxygen atoms in total. The summed E-state index contributed by atoms with van der Waals surface area (Å²) in [5, 5.41) is 15.0. The number of aromatic nitrogens is 2. The minimum atomic E-state index is -0.586. The van der Waals surface area contributed by atoms with Crippen molar-refractivity contribution >= 4 is 11.7 Å². The SMILES string of the molecule is CCOC(=O)c1ccc(-n2cccn2)c([N+](=O)[O-])c1. The van der Waals surface area contributed by atoms with Gasteiger partial charge in [0.05, 0.1) is 17.1 Å². The zero-order valence-corrected chi connectivity index (χ0v) is 10.1. The Kier molecular flexibility index (Phi) is 3.56. The molecule has 7 heteroatoms. The van der Waals surface area contributed by atoms with Crippen molar-refractivity contribution < 1.29 is 14.5 Å². The van der Waals surface area contributed by atoms with Crippen molar-refractivity contribution in [2.75, 3.05) is 6.61 Å². The summed E-state index contributed by atoms with van der Waals surface area (Å²) in [6, 6.07) is 5.79. The summed E-state index contributed by atoms with van der Waals surface area (Å²) >= 11 is 0. The summed E-state index contributed by atoms with van der Waals surface area (Å²) in [5.74, 6) is -0.586. The molecule has 0 fully saturated rings. The predicted octanol–water partition coefficient (Wildman–Crippen LogP) is 1.96. The van der Waals surface area contributed by atoms with E-state index in [1.165, 1.54) is 29.1 Å². The number of ether oxygens (including phenoxy) is 1. The fourth-order valence-corrected chi connectivity index (χ4v) is 1.62. The first-order valence-corrected chi connectivity index (χ1v) is 5.59. The normalized spacial score (nSPS) is 10.2. The van der Waals surface area contributed by atoms with E-state index in [0.29, 0.717) is 5.69 Å². The molecule has 2 aromatic rings. The molecule has 0 N–H and O–H groups in total. The molecule has 0 aliphatic carbocycles. The molecule has 0 bridgehead atoms. The van der Waals surface area contributed by atoms with Crippen LogP contribution in [0.3, 0.4) is 0 Å². The van der Waals surface area contributed by atoms with E-state index in [9.17, 15) is 14.9 Å². The minimum absolute atomic E-state index is 0.143. The Hall–Kier alpha value is -2.70. The van der Waals surface area contributed by atoms with E-state index in [2.05, 4.69) is 5.10 Å². The lowest BCUT2D eigenvalue weighted by molar-refractivity contribution is -0.384. The van der Waals surface area contributed by atoms with Gasteiger partial charge in [0.1, 0.15) is 5.69 Å². The van der Waals surface area contributed by atoms with Crippen LogP contribution in [0, 0.1) is 10.1 Å². The fourth-order valence-electron chi connectivity index (χ4n) is 1.62. The van der Waals surface area contributed by atoms with E-state index in [0.717, 1.165) is 0 Å². The van der Waals surface area contributed by atoms with Gasteiger partial charge in [0.15, 0.2) is 0 Å². The molecule has 0 spiro atoms. The molecule has 0 saturated heterocycles. The van der Waals surface area contributed by atoms with Crippen molar-refractivity contribution in [3.05, 3.63) is 52.3 Å². The lowest BCUT2D eigenvalue weighted by Gasteiger charge is -2.05. The molecule has 1 heterocycles. The quantitative estimate of drug-likeness (QED) is 0.477. The molecule has 1 aromatic carbocycles. The second-order valence-corrected chi connectivity index (χ2v) is 3.63. The average Bonchev–Trinajstić information content (AvgIpc) is 2.92.